The Labute approximate surface area is 70.3 Å². The molecule has 1 aromatic heterocycles. The number of aromatic amines is 1. The molecule has 66 valence electrons. The van der Waals surface area contributed by atoms with Gasteiger partial charge in [0.1, 0.15) is 12.4 Å². The zero-order chi connectivity index (χ0) is 8.39. The molecule has 2 unspecified atom stereocenters. The van der Waals surface area contributed by atoms with E-state index in [1.54, 1.807) is 0 Å². The van der Waals surface area contributed by atoms with Crippen LogP contribution >= 0.6 is 0 Å². The van der Waals surface area contributed by atoms with Crippen LogP contribution in [-0.4, -0.2) is 27.8 Å². The van der Waals surface area contributed by atoms with E-state index in [9.17, 15) is 0 Å². The Morgan fingerprint density at radius 1 is 1.67 bits per heavy atom. The van der Waals surface area contributed by atoms with Crippen molar-refractivity contribution in [1.29, 1.82) is 0 Å². The third-order valence-corrected chi connectivity index (χ3v) is 2.11. The molecular weight excluding hydrogens is 156 g/mol. The molecule has 5 nitrogen and oxygen atoms in total. The van der Waals surface area contributed by atoms with Crippen LogP contribution in [0.2, 0.25) is 0 Å². The second-order valence-electron chi connectivity index (χ2n) is 2.93. The Morgan fingerprint density at radius 2 is 2.58 bits per heavy atom. The molecule has 5 heteroatoms. The van der Waals surface area contributed by atoms with Gasteiger partial charge in [0.15, 0.2) is 5.82 Å². The molecule has 0 radical (unpaired) electrons. The minimum Gasteiger partial charge on any atom is -0.366 e. The summed E-state index contributed by atoms with van der Waals surface area (Å²) in [5, 5.41) is 6.57. The molecule has 0 aromatic carbocycles. The minimum absolute atomic E-state index is 0.0704. The topological polar surface area (TPSA) is 76.8 Å². The first-order chi connectivity index (χ1) is 5.90. The molecule has 1 aromatic rings. The zero-order valence-corrected chi connectivity index (χ0v) is 6.73. The van der Waals surface area contributed by atoms with Crippen LogP contribution in [0.3, 0.4) is 0 Å². The van der Waals surface area contributed by atoms with Gasteiger partial charge in [-0.05, 0) is 12.8 Å². The smallest absolute Gasteiger partial charge is 0.153 e. The molecule has 0 aliphatic carbocycles. The highest BCUT2D eigenvalue weighted by Gasteiger charge is 2.27. The van der Waals surface area contributed by atoms with Gasteiger partial charge in [0.2, 0.25) is 0 Å². The first-order valence-electron chi connectivity index (χ1n) is 4.11. The fraction of sp³-hybridized carbons (Fsp3) is 0.714. The number of rotatable bonds is 2. The SMILES string of the molecule is NCC1CCC(c2ncn[nH]2)O1. The van der Waals surface area contributed by atoms with Crippen molar-refractivity contribution in [2.45, 2.75) is 25.0 Å². The van der Waals surface area contributed by atoms with Crippen LogP contribution in [-0.2, 0) is 4.74 Å². The summed E-state index contributed by atoms with van der Waals surface area (Å²) in [6.07, 6.45) is 3.76. The summed E-state index contributed by atoms with van der Waals surface area (Å²) in [7, 11) is 0. The molecule has 0 amide bonds. The van der Waals surface area contributed by atoms with Gasteiger partial charge < -0.3 is 10.5 Å². The van der Waals surface area contributed by atoms with Crippen molar-refractivity contribution in [1.82, 2.24) is 15.2 Å². The molecule has 2 atom stereocenters. The average Bonchev–Trinajstić information content (AvgIpc) is 2.75. The Balaban J connectivity index is 2.00. The van der Waals surface area contributed by atoms with Gasteiger partial charge in [0, 0.05) is 6.54 Å². The summed E-state index contributed by atoms with van der Waals surface area (Å²) in [4.78, 5) is 4.03. The predicted molar refractivity (Wildman–Crippen MR) is 42.3 cm³/mol. The molecule has 1 aliphatic rings. The summed E-state index contributed by atoms with van der Waals surface area (Å²) in [5.41, 5.74) is 5.48. The lowest BCUT2D eigenvalue weighted by Gasteiger charge is -2.08. The molecule has 1 saturated heterocycles. The molecule has 1 aliphatic heterocycles. The van der Waals surface area contributed by atoms with E-state index in [-0.39, 0.29) is 12.2 Å². The standard InChI is InChI=1S/C7H12N4O/c8-3-5-1-2-6(12-5)7-9-4-10-11-7/h4-6H,1-3,8H2,(H,9,10,11). The van der Waals surface area contributed by atoms with Gasteiger partial charge in [-0.15, -0.1) is 0 Å². The fourth-order valence-corrected chi connectivity index (χ4v) is 1.45. The molecule has 1 fully saturated rings. The number of hydrogen-bond acceptors (Lipinski definition) is 4. The van der Waals surface area contributed by atoms with Crippen molar-refractivity contribution in [2.24, 2.45) is 5.73 Å². The molecular formula is C7H12N4O. The van der Waals surface area contributed by atoms with Crippen molar-refractivity contribution < 1.29 is 4.74 Å². The maximum atomic E-state index is 5.60. The van der Waals surface area contributed by atoms with Gasteiger partial charge in [-0.25, -0.2) is 4.98 Å². The van der Waals surface area contributed by atoms with Gasteiger partial charge >= 0.3 is 0 Å². The molecule has 0 bridgehead atoms. The number of hydrogen-bond donors (Lipinski definition) is 2. The van der Waals surface area contributed by atoms with Crippen molar-refractivity contribution in [3.63, 3.8) is 0 Å². The van der Waals surface area contributed by atoms with Crippen molar-refractivity contribution in [3.8, 4) is 0 Å². The van der Waals surface area contributed by atoms with Gasteiger partial charge in [0.05, 0.1) is 6.10 Å². The van der Waals surface area contributed by atoms with Crippen molar-refractivity contribution in [3.05, 3.63) is 12.2 Å². The van der Waals surface area contributed by atoms with Crippen LogP contribution in [0.1, 0.15) is 24.8 Å². The Kier molecular flexibility index (Phi) is 2.05. The predicted octanol–water partition coefficient (Wildman–Crippen LogP) is -0.0165. The molecule has 2 rings (SSSR count). The molecule has 0 spiro atoms. The van der Waals surface area contributed by atoms with E-state index < -0.39 is 0 Å². The number of nitrogens with zero attached hydrogens (tertiary/aromatic N) is 2. The summed E-state index contributed by atoms with van der Waals surface area (Å²) < 4.78 is 5.60. The summed E-state index contributed by atoms with van der Waals surface area (Å²) in [6, 6.07) is 0. The highest BCUT2D eigenvalue weighted by Crippen LogP contribution is 2.29. The second-order valence-corrected chi connectivity index (χ2v) is 2.93. The highest BCUT2D eigenvalue weighted by atomic mass is 16.5. The van der Waals surface area contributed by atoms with Gasteiger partial charge in [-0.3, -0.25) is 5.10 Å². The van der Waals surface area contributed by atoms with E-state index in [0.717, 1.165) is 18.7 Å². The summed E-state index contributed by atoms with van der Waals surface area (Å²) in [6.45, 7) is 0.588. The van der Waals surface area contributed by atoms with E-state index in [0.29, 0.717) is 6.54 Å². The van der Waals surface area contributed by atoms with Crippen LogP contribution in [0.4, 0.5) is 0 Å². The number of nitrogens with one attached hydrogen (secondary N) is 1. The van der Waals surface area contributed by atoms with Crippen LogP contribution in [0.5, 0.6) is 0 Å². The summed E-state index contributed by atoms with van der Waals surface area (Å²) in [5.74, 6) is 0.811. The van der Waals surface area contributed by atoms with Crippen molar-refractivity contribution >= 4 is 0 Å². The molecule has 12 heavy (non-hydrogen) atoms. The Morgan fingerprint density at radius 3 is 3.17 bits per heavy atom. The largest absolute Gasteiger partial charge is 0.366 e. The number of nitrogens with two attached hydrogens (primary N) is 1. The molecule has 2 heterocycles. The normalized spacial score (nSPS) is 29.4. The number of aromatic nitrogens is 3. The van der Waals surface area contributed by atoms with Crippen molar-refractivity contribution in [2.75, 3.05) is 6.54 Å². The lowest BCUT2D eigenvalue weighted by molar-refractivity contribution is 0.0450. The van der Waals surface area contributed by atoms with Crippen LogP contribution in [0.15, 0.2) is 6.33 Å². The van der Waals surface area contributed by atoms with Gasteiger partial charge in [0.25, 0.3) is 0 Å². The average molecular weight is 168 g/mol. The Bertz CT molecular complexity index is 236. The number of H-pyrrole nitrogens is 1. The lowest BCUT2D eigenvalue weighted by Crippen LogP contribution is -2.19. The van der Waals surface area contributed by atoms with E-state index in [2.05, 4.69) is 15.2 Å². The Hall–Kier alpha value is -0.940. The van der Waals surface area contributed by atoms with Gasteiger partial charge in [-0.1, -0.05) is 0 Å². The second kappa shape index (κ2) is 3.20. The fourth-order valence-electron chi connectivity index (χ4n) is 1.45. The quantitative estimate of drug-likeness (QED) is 0.650. The van der Waals surface area contributed by atoms with Crippen LogP contribution in [0.25, 0.3) is 0 Å². The highest BCUT2D eigenvalue weighted by molar-refractivity contribution is 4.91. The van der Waals surface area contributed by atoms with E-state index in [1.807, 2.05) is 0 Å². The van der Waals surface area contributed by atoms with Crippen LogP contribution < -0.4 is 5.73 Å². The maximum Gasteiger partial charge on any atom is 0.153 e. The zero-order valence-electron chi connectivity index (χ0n) is 6.73. The first kappa shape index (κ1) is 7.70. The van der Waals surface area contributed by atoms with E-state index in [1.165, 1.54) is 6.33 Å². The third kappa shape index (κ3) is 1.33. The van der Waals surface area contributed by atoms with Gasteiger partial charge in [-0.2, -0.15) is 5.10 Å². The van der Waals surface area contributed by atoms with E-state index in [4.69, 9.17) is 10.5 Å². The third-order valence-electron chi connectivity index (χ3n) is 2.11. The molecule has 3 N–H and O–H groups in total. The molecule has 0 saturated carbocycles. The van der Waals surface area contributed by atoms with Crippen LogP contribution in [0, 0.1) is 0 Å². The maximum absolute atomic E-state index is 5.60. The number of ether oxygens (including phenoxy) is 1. The minimum atomic E-state index is 0.0704. The van der Waals surface area contributed by atoms with E-state index >= 15 is 0 Å². The lowest BCUT2D eigenvalue weighted by atomic mass is 10.2. The summed E-state index contributed by atoms with van der Waals surface area (Å²) >= 11 is 0. The monoisotopic (exact) mass is 168 g/mol. The first-order valence-corrected chi connectivity index (χ1v) is 4.11.